The van der Waals surface area contributed by atoms with Gasteiger partial charge in [-0.05, 0) is 13.0 Å². The van der Waals surface area contributed by atoms with Gasteiger partial charge < -0.3 is 30.4 Å². The Bertz CT molecular complexity index is 317. The minimum atomic E-state index is -5.14. The topological polar surface area (TPSA) is 161 Å². The molecule has 0 aromatic rings. The highest BCUT2D eigenvalue weighted by Crippen LogP contribution is 2.69. The number of hydrogen-bond acceptors (Lipinski definition) is 6. The molecule has 0 spiro atoms. The molecule has 10 heteroatoms. The maximum atomic E-state index is 11.5. The Morgan fingerprint density at radius 1 is 1.29 bits per heavy atom. The fraction of sp³-hybridized carbons (Fsp3) is 1.00. The molecule has 0 amide bonds. The van der Waals surface area contributed by atoms with E-state index in [1.807, 2.05) is 0 Å². The molecular formula is C4H13NO7P2. The molecule has 8 nitrogen and oxygen atoms in total. The van der Waals surface area contributed by atoms with E-state index in [4.69, 9.17) is 10.0 Å². The van der Waals surface area contributed by atoms with E-state index in [0.29, 0.717) is 0 Å². The van der Waals surface area contributed by atoms with Crippen LogP contribution in [0, 0.1) is 0 Å². The Morgan fingerprint density at radius 2 is 1.79 bits per heavy atom. The van der Waals surface area contributed by atoms with E-state index >= 15 is 0 Å². The maximum Gasteiger partial charge on any atom is 0.369 e. The van der Waals surface area contributed by atoms with Gasteiger partial charge in [0.25, 0.3) is 5.08 Å². The Hall–Kier alpha value is 0.220. The molecule has 7 N–H and O–H groups in total. The lowest BCUT2D eigenvalue weighted by molar-refractivity contribution is 0.121. The zero-order valence-corrected chi connectivity index (χ0v) is 8.82. The summed E-state index contributed by atoms with van der Waals surface area (Å²) in [6, 6.07) is 0. The molecule has 0 aromatic carbocycles. The van der Waals surface area contributed by atoms with Gasteiger partial charge in [-0.3, -0.25) is 9.13 Å². The minimum Gasteiger partial charge on any atom is -0.368 e. The second-order valence-electron chi connectivity index (χ2n) is 2.68. The Balaban J connectivity index is 5.62. The van der Waals surface area contributed by atoms with Crippen molar-refractivity contribution in [2.24, 2.45) is 5.73 Å². The van der Waals surface area contributed by atoms with E-state index in [-0.39, 0.29) is 13.0 Å². The molecule has 0 aliphatic heterocycles. The molecule has 0 aromatic heterocycles. The third kappa shape index (κ3) is 2.85. The SMILES string of the molecule is [2H]OC(CCCN)(P(=O)(O)O[2H])P(=O)(O)O[2H]. The fourth-order valence-electron chi connectivity index (χ4n) is 0.775. The van der Waals surface area contributed by atoms with Crippen LogP contribution in [0.4, 0.5) is 0 Å². The molecule has 0 heterocycles. The van der Waals surface area contributed by atoms with Gasteiger partial charge in [0.05, 0.1) is 0 Å². The summed E-state index contributed by atoms with van der Waals surface area (Å²) >= 11 is 0. The third-order valence-electron chi connectivity index (χ3n) is 1.59. The Kier molecular flexibility index (Phi) is 2.96. The highest BCUT2D eigenvalue weighted by molar-refractivity contribution is 7.72. The molecule has 2 atom stereocenters. The number of aliphatic hydroxyl groups is 1. The molecule has 0 saturated carbocycles. The lowest BCUT2D eigenvalue weighted by Gasteiger charge is -2.28. The van der Waals surface area contributed by atoms with Gasteiger partial charge in [-0.1, -0.05) is 0 Å². The average molecular weight is 252 g/mol. The molecule has 0 saturated heterocycles. The van der Waals surface area contributed by atoms with Crippen molar-refractivity contribution in [3.8, 4) is 0 Å². The van der Waals surface area contributed by atoms with Gasteiger partial charge in [0.1, 0.15) is 0 Å². The lowest BCUT2D eigenvalue weighted by atomic mass is 10.3. The zero-order valence-electron chi connectivity index (χ0n) is 10.0. The van der Waals surface area contributed by atoms with Gasteiger partial charge in [-0.2, -0.15) is 0 Å². The zero-order chi connectivity index (χ0) is 13.7. The Labute approximate surface area is 84.5 Å². The van der Waals surface area contributed by atoms with Gasteiger partial charge in [0.15, 0.2) is 0 Å². The first-order valence-corrected chi connectivity index (χ1v) is 6.70. The quantitative estimate of drug-likeness (QED) is 0.291. The van der Waals surface area contributed by atoms with Crippen LogP contribution in [0.3, 0.4) is 0 Å². The van der Waals surface area contributed by atoms with E-state index in [1.165, 1.54) is 0 Å². The van der Waals surface area contributed by atoms with Gasteiger partial charge >= 0.3 is 15.2 Å². The summed E-state index contributed by atoms with van der Waals surface area (Å²) in [4.78, 5) is 25.5. The number of nitrogens with two attached hydrogens (primary N) is 1. The van der Waals surface area contributed by atoms with Gasteiger partial charge in [0.2, 0.25) is 4.29 Å². The van der Waals surface area contributed by atoms with E-state index in [1.54, 1.807) is 0 Å². The van der Waals surface area contributed by atoms with Crippen molar-refractivity contribution in [3.63, 3.8) is 0 Å². The van der Waals surface area contributed by atoms with E-state index in [0.717, 1.165) is 0 Å². The van der Waals surface area contributed by atoms with Crippen molar-refractivity contribution >= 4 is 15.2 Å². The molecule has 0 radical (unpaired) electrons. The summed E-state index contributed by atoms with van der Waals surface area (Å²) in [7, 11) is -10.3. The molecule has 86 valence electrons. The highest BCUT2D eigenvalue weighted by atomic mass is 31.2. The van der Waals surface area contributed by atoms with Crippen molar-refractivity contribution in [1.82, 2.24) is 0 Å². The predicted molar refractivity (Wildman–Crippen MR) is 47.3 cm³/mol. The first-order chi connectivity index (χ1) is 7.74. The molecule has 14 heavy (non-hydrogen) atoms. The molecule has 0 rings (SSSR count). The van der Waals surface area contributed by atoms with Crippen LogP contribution in [0.15, 0.2) is 0 Å². The molecule has 0 bridgehead atoms. The standard InChI is InChI=1S/C4H13NO7P2/c5-3-1-2-4(6,13(7,8)9)14(10,11)12/h6H,1-3,5H2,(H2,7,8,9)(H2,10,11,12)/i6D/hD2. The second kappa shape index (κ2) is 4.38. The fourth-order valence-corrected chi connectivity index (χ4v) is 2.93. The summed E-state index contributed by atoms with van der Waals surface area (Å²) in [5.74, 6) is 0. The first kappa shape index (κ1) is 9.45. The van der Waals surface area contributed by atoms with E-state index in [9.17, 15) is 18.9 Å². The van der Waals surface area contributed by atoms with Crippen LogP contribution in [0.2, 0.25) is 0 Å². The van der Waals surface area contributed by atoms with Crippen LogP contribution in [0.1, 0.15) is 12.8 Å². The van der Waals surface area contributed by atoms with E-state index in [2.05, 4.69) is 14.9 Å². The smallest absolute Gasteiger partial charge is 0.368 e. The summed E-state index contributed by atoms with van der Waals surface area (Å²) in [5.41, 5.74) is 5.13. The second-order valence-corrected chi connectivity index (χ2v) is 6.56. The normalized spacial score (nSPS) is 27.5. The third-order valence-corrected chi connectivity index (χ3v) is 5.32. The average Bonchev–Trinajstić information content (AvgIpc) is 2.30. The molecule has 0 aliphatic carbocycles. The highest BCUT2D eigenvalue weighted by Gasteiger charge is 2.58. The summed E-state index contributed by atoms with van der Waals surface area (Å²) in [5, 5.41) is 0.805. The van der Waals surface area contributed by atoms with Crippen LogP contribution in [-0.2, 0) is 9.13 Å². The predicted octanol–water partition coefficient (Wildman–Crippen LogP) is -1.27. The summed E-state index contributed by atoms with van der Waals surface area (Å²) in [6.07, 6.45) is -0.743. The van der Waals surface area contributed by atoms with Gasteiger partial charge in [0, 0.05) is 6.42 Å². The van der Waals surface area contributed by atoms with Crippen molar-refractivity contribution in [2.75, 3.05) is 6.54 Å². The lowest BCUT2D eigenvalue weighted by Crippen LogP contribution is -2.29. The van der Waals surface area contributed by atoms with Crippen LogP contribution in [0.25, 0.3) is 0 Å². The molecule has 0 fully saturated rings. The number of hydrogen-bond donors (Lipinski definition) is 6. The first-order valence-electron chi connectivity index (χ1n) is 4.77. The van der Waals surface area contributed by atoms with Gasteiger partial charge in [-0.25, -0.2) is 0 Å². The van der Waals surface area contributed by atoms with Gasteiger partial charge in [-0.15, -0.1) is 0 Å². The monoisotopic (exact) mass is 252 g/mol. The Morgan fingerprint density at radius 3 is 2.07 bits per heavy atom. The maximum absolute atomic E-state index is 11.5. The summed E-state index contributed by atoms with van der Waals surface area (Å²) in [6.45, 7) is -0.0406. The summed E-state index contributed by atoms with van der Waals surface area (Å²) < 4.78 is 42.5. The van der Waals surface area contributed by atoms with Crippen molar-refractivity contribution in [2.45, 2.75) is 17.9 Å². The van der Waals surface area contributed by atoms with Crippen molar-refractivity contribution < 1.29 is 33.8 Å². The van der Waals surface area contributed by atoms with E-state index < -0.39 is 26.7 Å². The minimum absolute atomic E-state index is 0.0406. The van der Waals surface area contributed by atoms with Crippen LogP contribution in [0.5, 0.6) is 0 Å². The number of rotatable bonds is 8. The molecular weight excluding hydrogens is 236 g/mol. The van der Waals surface area contributed by atoms with Crippen molar-refractivity contribution in [3.05, 3.63) is 0 Å². The molecule has 2 unspecified atom stereocenters. The largest absolute Gasteiger partial charge is 0.369 e. The van der Waals surface area contributed by atoms with Crippen LogP contribution < -0.4 is 5.73 Å². The molecule has 0 aliphatic rings. The van der Waals surface area contributed by atoms with Crippen LogP contribution >= 0.6 is 15.2 Å². The van der Waals surface area contributed by atoms with Crippen LogP contribution in [-0.4, -0.2) is 40.6 Å². The van der Waals surface area contributed by atoms with Crippen molar-refractivity contribution in [1.29, 1.82) is 4.29 Å².